The summed E-state index contributed by atoms with van der Waals surface area (Å²) in [6, 6.07) is 14.5. The third kappa shape index (κ3) is 3.11. The molecule has 0 aliphatic carbocycles. The predicted molar refractivity (Wildman–Crippen MR) is 71.9 cm³/mol. The molecule has 0 aliphatic rings. The number of hydrogen-bond donors (Lipinski definition) is 1. The minimum absolute atomic E-state index is 0.230. The number of carboxylic acid groups (broad SMARTS) is 1. The van der Waals surface area contributed by atoms with Gasteiger partial charge in [0.2, 0.25) is 0 Å². The molecular weight excluding hydrogens is 296 g/mol. The number of carbonyl (C=O) groups is 1. The summed E-state index contributed by atoms with van der Waals surface area (Å²) < 4.78 is 6.26. The van der Waals surface area contributed by atoms with Crippen molar-refractivity contribution in [2.24, 2.45) is 0 Å². The molecule has 0 atom stereocenters. The van der Waals surface area contributed by atoms with Crippen LogP contribution in [0.3, 0.4) is 0 Å². The van der Waals surface area contributed by atoms with E-state index in [1.54, 1.807) is 6.07 Å². The number of ether oxygens (including phenoxy) is 1. The Labute approximate surface area is 113 Å². The van der Waals surface area contributed by atoms with Crippen LogP contribution in [-0.4, -0.2) is 11.1 Å². The molecule has 2 rings (SSSR count). The van der Waals surface area contributed by atoms with Crippen LogP contribution in [-0.2, 0) is 6.61 Å². The largest absolute Gasteiger partial charge is 0.488 e. The van der Waals surface area contributed by atoms with Gasteiger partial charge < -0.3 is 9.84 Å². The molecule has 0 radical (unpaired) electrons. The van der Waals surface area contributed by atoms with Crippen molar-refractivity contribution < 1.29 is 14.6 Å². The summed E-state index contributed by atoms with van der Waals surface area (Å²) in [5.41, 5.74) is 1.29. The first-order chi connectivity index (χ1) is 8.66. The number of carboxylic acids is 1. The molecule has 0 heterocycles. The van der Waals surface area contributed by atoms with Gasteiger partial charge in [0.25, 0.3) is 0 Å². The summed E-state index contributed by atoms with van der Waals surface area (Å²) in [7, 11) is 0. The van der Waals surface area contributed by atoms with Gasteiger partial charge in [-0.2, -0.15) is 0 Å². The zero-order chi connectivity index (χ0) is 13.0. The number of aromatic carboxylic acids is 1. The Hall–Kier alpha value is -1.81. The molecule has 3 nitrogen and oxygen atoms in total. The van der Waals surface area contributed by atoms with Gasteiger partial charge in [0, 0.05) is 0 Å². The van der Waals surface area contributed by atoms with Crippen molar-refractivity contribution in [3.8, 4) is 5.75 Å². The smallest absolute Gasteiger partial charge is 0.335 e. The van der Waals surface area contributed by atoms with Gasteiger partial charge in [0.1, 0.15) is 12.4 Å². The van der Waals surface area contributed by atoms with E-state index in [0.717, 1.165) is 5.56 Å². The van der Waals surface area contributed by atoms with Gasteiger partial charge in [-0.05, 0) is 39.7 Å². The maximum absolute atomic E-state index is 10.8. The Morgan fingerprint density at radius 3 is 2.50 bits per heavy atom. The van der Waals surface area contributed by atoms with Gasteiger partial charge in [0.15, 0.2) is 0 Å². The topological polar surface area (TPSA) is 46.5 Å². The van der Waals surface area contributed by atoms with Crippen molar-refractivity contribution in [1.82, 2.24) is 0 Å². The second kappa shape index (κ2) is 5.69. The molecule has 92 valence electrons. The molecule has 0 amide bonds. The predicted octanol–water partition coefficient (Wildman–Crippen LogP) is 3.73. The molecular formula is C14H11BrO3. The fraction of sp³-hybridized carbons (Fsp3) is 0.0714. The molecule has 2 aromatic carbocycles. The number of hydrogen-bond acceptors (Lipinski definition) is 2. The van der Waals surface area contributed by atoms with Gasteiger partial charge >= 0.3 is 5.97 Å². The van der Waals surface area contributed by atoms with Crippen LogP contribution in [0.5, 0.6) is 5.75 Å². The van der Waals surface area contributed by atoms with Crippen LogP contribution in [0.4, 0.5) is 0 Å². The van der Waals surface area contributed by atoms with E-state index in [9.17, 15) is 4.79 Å². The molecule has 0 unspecified atom stereocenters. The molecule has 0 saturated heterocycles. The molecule has 1 N–H and O–H groups in total. The van der Waals surface area contributed by atoms with Crippen LogP contribution in [0.1, 0.15) is 15.9 Å². The summed E-state index contributed by atoms with van der Waals surface area (Å²) in [4.78, 5) is 10.8. The average Bonchev–Trinajstić information content (AvgIpc) is 2.38. The molecule has 4 heteroatoms. The zero-order valence-electron chi connectivity index (χ0n) is 9.47. The van der Waals surface area contributed by atoms with E-state index in [0.29, 0.717) is 16.8 Å². The van der Waals surface area contributed by atoms with E-state index in [1.807, 2.05) is 30.3 Å². The van der Waals surface area contributed by atoms with E-state index in [-0.39, 0.29) is 5.56 Å². The van der Waals surface area contributed by atoms with Crippen molar-refractivity contribution >= 4 is 21.9 Å². The lowest BCUT2D eigenvalue weighted by Crippen LogP contribution is -1.99. The Kier molecular flexibility index (Phi) is 3.99. The van der Waals surface area contributed by atoms with E-state index in [2.05, 4.69) is 15.9 Å². The number of halogens is 1. The first-order valence-corrected chi connectivity index (χ1v) is 6.15. The van der Waals surface area contributed by atoms with Crippen LogP contribution in [0.25, 0.3) is 0 Å². The highest BCUT2D eigenvalue weighted by atomic mass is 79.9. The van der Waals surface area contributed by atoms with E-state index >= 15 is 0 Å². The van der Waals surface area contributed by atoms with Crippen LogP contribution in [0, 0.1) is 0 Å². The SMILES string of the molecule is O=C(O)c1ccc(OCc2ccccc2)c(Br)c1. The standard InChI is InChI=1S/C14H11BrO3/c15-12-8-11(14(16)17)6-7-13(12)18-9-10-4-2-1-3-5-10/h1-8H,9H2,(H,16,17). The first-order valence-electron chi connectivity index (χ1n) is 5.36. The average molecular weight is 307 g/mol. The summed E-state index contributed by atoms with van der Waals surface area (Å²) in [5.74, 6) is -0.325. The third-order valence-corrected chi connectivity index (χ3v) is 3.04. The van der Waals surface area contributed by atoms with Crippen molar-refractivity contribution in [2.75, 3.05) is 0 Å². The van der Waals surface area contributed by atoms with Crippen LogP contribution < -0.4 is 4.74 Å². The Bertz CT molecular complexity index is 552. The molecule has 2 aromatic rings. The molecule has 0 fully saturated rings. The van der Waals surface area contributed by atoms with E-state index in [4.69, 9.17) is 9.84 Å². The quantitative estimate of drug-likeness (QED) is 0.936. The van der Waals surface area contributed by atoms with Gasteiger partial charge in [-0.25, -0.2) is 4.79 Å². The second-order valence-electron chi connectivity index (χ2n) is 3.72. The van der Waals surface area contributed by atoms with Gasteiger partial charge in [-0.15, -0.1) is 0 Å². The van der Waals surface area contributed by atoms with Gasteiger partial charge in [-0.3, -0.25) is 0 Å². The Balaban J connectivity index is 2.08. The van der Waals surface area contributed by atoms with E-state index < -0.39 is 5.97 Å². The third-order valence-electron chi connectivity index (χ3n) is 2.42. The molecule has 0 saturated carbocycles. The van der Waals surface area contributed by atoms with Crippen LogP contribution in [0.2, 0.25) is 0 Å². The maximum Gasteiger partial charge on any atom is 0.335 e. The van der Waals surface area contributed by atoms with E-state index in [1.165, 1.54) is 12.1 Å². The van der Waals surface area contributed by atoms with Gasteiger partial charge in [-0.1, -0.05) is 30.3 Å². The Morgan fingerprint density at radius 1 is 1.17 bits per heavy atom. The fourth-order valence-corrected chi connectivity index (χ4v) is 1.98. The summed E-state index contributed by atoms with van der Waals surface area (Å²) >= 11 is 3.30. The lowest BCUT2D eigenvalue weighted by atomic mass is 10.2. The first kappa shape index (κ1) is 12.6. The Morgan fingerprint density at radius 2 is 1.89 bits per heavy atom. The highest BCUT2D eigenvalue weighted by Gasteiger charge is 2.07. The maximum atomic E-state index is 10.8. The fourth-order valence-electron chi connectivity index (χ4n) is 1.49. The van der Waals surface area contributed by atoms with Crippen molar-refractivity contribution in [2.45, 2.75) is 6.61 Å². The minimum Gasteiger partial charge on any atom is -0.488 e. The molecule has 18 heavy (non-hydrogen) atoms. The van der Waals surface area contributed by atoms with Crippen molar-refractivity contribution in [3.05, 3.63) is 64.1 Å². The molecule has 0 aromatic heterocycles. The molecule has 0 aliphatic heterocycles. The van der Waals surface area contributed by atoms with Gasteiger partial charge in [0.05, 0.1) is 10.0 Å². The highest BCUT2D eigenvalue weighted by molar-refractivity contribution is 9.10. The summed E-state index contributed by atoms with van der Waals surface area (Å²) in [6.45, 7) is 0.450. The number of benzene rings is 2. The summed E-state index contributed by atoms with van der Waals surface area (Å²) in [6.07, 6.45) is 0. The lowest BCUT2D eigenvalue weighted by Gasteiger charge is -2.08. The highest BCUT2D eigenvalue weighted by Crippen LogP contribution is 2.26. The van der Waals surface area contributed by atoms with Crippen molar-refractivity contribution in [3.63, 3.8) is 0 Å². The van der Waals surface area contributed by atoms with Crippen LogP contribution >= 0.6 is 15.9 Å². The van der Waals surface area contributed by atoms with Crippen molar-refractivity contribution in [1.29, 1.82) is 0 Å². The minimum atomic E-state index is -0.953. The summed E-state index contributed by atoms with van der Waals surface area (Å²) in [5, 5.41) is 8.85. The normalized spacial score (nSPS) is 10.1. The monoisotopic (exact) mass is 306 g/mol. The van der Waals surface area contributed by atoms with Crippen LogP contribution in [0.15, 0.2) is 53.0 Å². The molecule has 0 bridgehead atoms. The lowest BCUT2D eigenvalue weighted by molar-refractivity contribution is 0.0696. The molecule has 0 spiro atoms. The second-order valence-corrected chi connectivity index (χ2v) is 4.58. The zero-order valence-corrected chi connectivity index (χ0v) is 11.1. The number of rotatable bonds is 4.